The summed E-state index contributed by atoms with van der Waals surface area (Å²) in [6.07, 6.45) is 2.66. The molecule has 1 aliphatic heterocycles. The molecular formula is C20H18ClFN4O3. The van der Waals surface area contributed by atoms with Crippen molar-refractivity contribution in [1.29, 1.82) is 0 Å². The predicted octanol–water partition coefficient (Wildman–Crippen LogP) is 3.80. The summed E-state index contributed by atoms with van der Waals surface area (Å²) in [7, 11) is 1.33. The third kappa shape index (κ3) is 3.68. The number of rotatable bonds is 5. The minimum Gasteiger partial charge on any atom is -0.465 e. The molecule has 0 unspecified atom stereocenters. The number of nitrogens with zero attached hydrogens (tertiary/aromatic N) is 2. The van der Waals surface area contributed by atoms with Crippen LogP contribution in [0.3, 0.4) is 0 Å². The number of carbonyl (C=O) groups excluding carboxylic acids is 1. The summed E-state index contributed by atoms with van der Waals surface area (Å²) < 4.78 is 25.1. The Hall–Kier alpha value is -2.97. The molecule has 29 heavy (non-hydrogen) atoms. The standard InChI is InChI=1S/C20H18ClFN4O3/c1-28-19(27)20(8-3-9-25-20)29-12-6-7-13-16(10-12)23-11-24-18(13)26-15-5-2-4-14(21)17(15)22/h2,4-7,10-11,25H,3,8-9H2,1H3,(H,23,24,26)/t20-/m0/s1. The van der Waals surface area contributed by atoms with E-state index in [-0.39, 0.29) is 10.7 Å². The summed E-state index contributed by atoms with van der Waals surface area (Å²) >= 11 is 5.84. The molecule has 0 aliphatic carbocycles. The van der Waals surface area contributed by atoms with Gasteiger partial charge < -0.3 is 14.8 Å². The molecule has 0 spiro atoms. The number of hydrogen-bond acceptors (Lipinski definition) is 7. The number of fused-ring (bicyclic) bond motifs is 1. The third-order valence-corrected chi connectivity index (χ3v) is 5.03. The largest absolute Gasteiger partial charge is 0.465 e. The van der Waals surface area contributed by atoms with Crippen molar-refractivity contribution in [3.05, 3.63) is 53.6 Å². The average molecular weight is 417 g/mol. The molecule has 1 saturated heterocycles. The molecule has 9 heteroatoms. The number of halogens is 2. The Morgan fingerprint density at radius 1 is 1.31 bits per heavy atom. The van der Waals surface area contributed by atoms with Crippen molar-refractivity contribution in [1.82, 2.24) is 15.3 Å². The lowest BCUT2D eigenvalue weighted by Crippen LogP contribution is -2.53. The zero-order valence-electron chi connectivity index (χ0n) is 15.5. The lowest BCUT2D eigenvalue weighted by molar-refractivity contribution is -0.160. The van der Waals surface area contributed by atoms with Gasteiger partial charge in [0.15, 0.2) is 5.82 Å². The van der Waals surface area contributed by atoms with Crippen molar-refractivity contribution >= 4 is 40.0 Å². The van der Waals surface area contributed by atoms with E-state index in [0.717, 1.165) is 6.42 Å². The van der Waals surface area contributed by atoms with Gasteiger partial charge in [-0.15, -0.1) is 0 Å². The van der Waals surface area contributed by atoms with Crippen molar-refractivity contribution in [2.45, 2.75) is 18.6 Å². The molecule has 150 valence electrons. The van der Waals surface area contributed by atoms with Gasteiger partial charge in [-0.05, 0) is 37.2 Å². The number of aromatic nitrogens is 2. The van der Waals surface area contributed by atoms with Gasteiger partial charge in [0.05, 0.1) is 23.3 Å². The van der Waals surface area contributed by atoms with Crippen LogP contribution in [0, 0.1) is 5.82 Å². The molecule has 1 aliphatic rings. The zero-order chi connectivity index (χ0) is 20.4. The Balaban J connectivity index is 1.66. The number of hydrogen-bond donors (Lipinski definition) is 2. The Kier molecular flexibility index (Phi) is 5.21. The maximum atomic E-state index is 14.2. The van der Waals surface area contributed by atoms with E-state index in [1.807, 2.05) is 0 Å². The molecule has 0 radical (unpaired) electrons. The number of nitrogens with one attached hydrogen (secondary N) is 2. The Morgan fingerprint density at radius 2 is 2.17 bits per heavy atom. The summed E-state index contributed by atoms with van der Waals surface area (Å²) in [5, 5.41) is 6.70. The second-order valence-corrected chi connectivity index (χ2v) is 6.99. The highest BCUT2D eigenvalue weighted by molar-refractivity contribution is 6.31. The van der Waals surface area contributed by atoms with E-state index in [4.69, 9.17) is 21.1 Å². The summed E-state index contributed by atoms with van der Waals surface area (Å²) in [5.41, 5.74) is -0.432. The van der Waals surface area contributed by atoms with Crippen molar-refractivity contribution in [3.63, 3.8) is 0 Å². The van der Waals surface area contributed by atoms with Crippen molar-refractivity contribution in [3.8, 4) is 5.75 Å². The highest BCUT2D eigenvalue weighted by atomic mass is 35.5. The van der Waals surface area contributed by atoms with Crippen LogP contribution in [0.1, 0.15) is 12.8 Å². The molecule has 0 saturated carbocycles. The molecule has 3 aromatic rings. The first-order valence-electron chi connectivity index (χ1n) is 9.01. The fraction of sp³-hybridized carbons (Fsp3) is 0.250. The number of ether oxygens (including phenoxy) is 2. The van der Waals surface area contributed by atoms with Gasteiger partial charge in [0, 0.05) is 17.9 Å². The molecule has 4 rings (SSSR count). The third-order valence-electron chi connectivity index (χ3n) is 4.74. The highest BCUT2D eigenvalue weighted by Gasteiger charge is 2.45. The van der Waals surface area contributed by atoms with Crippen LogP contribution in [-0.4, -0.2) is 35.3 Å². The van der Waals surface area contributed by atoms with Crippen LogP contribution in [0.5, 0.6) is 5.75 Å². The second-order valence-electron chi connectivity index (χ2n) is 6.58. The van der Waals surface area contributed by atoms with E-state index in [1.54, 1.807) is 30.3 Å². The molecule has 0 amide bonds. The second kappa shape index (κ2) is 7.81. The molecule has 2 heterocycles. The first kappa shape index (κ1) is 19.4. The average Bonchev–Trinajstić information content (AvgIpc) is 3.20. The van der Waals surface area contributed by atoms with Gasteiger partial charge in [-0.2, -0.15) is 0 Å². The minimum atomic E-state index is -1.21. The summed E-state index contributed by atoms with van der Waals surface area (Å²) in [6, 6.07) is 9.83. The summed E-state index contributed by atoms with van der Waals surface area (Å²) in [6.45, 7) is 0.657. The molecule has 1 fully saturated rings. The maximum Gasteiger partial charge on any atom is 0.366 e. The van der Waals surface area contributed by atoms with Crippen LogP contribution in [0.4, 0.5) is 15.9 Å². The smallest absolute Gasteiger partial charge is 0.366 e. The van der Waals surface area contributed by atoms with Gasteiger partial charge in [-0.25, -0.2) is 19.2 Å². The monoisotopic (exact) mass is 416 g/mol. The molecule has 1 atom stereocenters. The van der Waals surface area contributed by atoms with E-state index in [9.17, 15) is 9.18 Å². The van der Waals surface area contributed by atoms with Gasteiger partial charge in [0.2, 0.25) is 0 Å². The van der Waals surface area contributed by atoms with Gasteiger partial charge in [0.25, 0.3) is 5.72 Å². The van der Waals surface area contributed by atoms with E-state index < -0.39 is 17.5 Å². The van der Waals surface area contributed by atoms with E-state index >= 15 is 0 Å². The Bertz CT molecular complexity index is 1070. The van der Waals surface area contributed by atoms with Gasteiger partial charge in [-0.3, -0.25) is 5.32 Å². The fourth-order valence-corrected chi connectivity index (χ4v) is 3.49. The lowest BCUT2D eigenvalue weighted by atomic mass is 10.1. The first-order chi connectivity index (χ1) is 14.0. The van der Waals surface area contributed by atoms with E-state index in [2.05, 4.69) is 20.6 Å². The van der Waals surface area contributed by atoms with Crippen LogP contribution in [0.2, 0.25) is 5.02 Å². The number of methoxy groups -OCH3 is 1. The molecule has 0 bridgehead atoms. The van der Waals surface area contributed by atoms with Crippen LogP contribution in [0.25, 0.3) is 10.9 Å². The topological polar surface area (TPSA) is 85.4 Å². The van der Waals surface area contributed by atoms with Crippen LogP contribution in [-0.2, 0) is 9.53 Å². The molecule has 7 nitrogen and oxygen atoms in total. The molecule has 2 N–H and O–H groups in total. The molecule has 2 aromatic carbocycles. The van der Waals surface area contributed by atoms with Crippen LogP contribution >= 0.6 is 11.6 Å². The number of carbonyl (C=O) groups is 1. The maximum absolute atomic E-state index is 14.2. The number of anilines is 2. The predicted molar refractivity (Wildman–Crippen MR) is 107 cm³/mol. The zero-order valence-corrected chi connectivity index (χ0v) is 16.3. The minimum absolute atomic E-state index is 0.0150. The van der Waals surface area contributed by atoms with Crippen LogP contribution in [0.15, 0.2) is 42.7 Å². The quantitative estimate of drug-likeness (QED) is 0.612. The van der Waals surface area contributed by atoms with E-state index in [1.165, 1.54) is 19.5 Å². The van der Waals surface area contributed by atoms with Crippen molar-refractivity contribution in [2.75, 3.05) is 19.0 Å². The van der Waals surface area contributed by atoms with E-state index in [0.29, 0.717) is 35.4 Å². The molecule has 1 aromatic heterocycles. The van der Waals surface area contributed by atoms with Gasteiger partial charge in [-0.1, -0.05) is 17.7 Å². The van der Waals surface area contributed by atoms with Crippen LogP contribution < -0.4 is 15.4 Å². The number of esters is 1. The lowest BCUT2D eigenvalue weighted by Gasteiger charge is -2.27. The molecular weight excluding hydrogens is 399 g/mol. The SMILES string of the molecule is COC(=O)[C@@]1(Oc2ccc3c(Nc4cccc(Cl)c4F)ncnc3c2)CCCN1. The normalized spacial score (nSPS) is 18.6. The highest BCUT2D eigenvalue weighted by Crippen LogP contribution is 2.31. The number of benzene rings is 2. The van der Waals surface area contributed by atoms with Gasteiger partial charge >= 0.3 is 5.97 Å². The van der Waals surface area contributed by atoms with Crippen molar-refractivity contribution in [2.24, 2.45) is 0 Å². The van der Waals surface area contributed by atoms with Gasteiger partial charge in [0.1, 0.15) is 17.9 Å². The first-order valence-corrected chi connectivity index (χ1v) is 9.38. The van der Waals surface area contributed by atoms with Crippen molar-refractivity contribution < 1.29 is 18.7 Å². The Labute approximate surface area is 171 Å². The summed E-state index contributed by atoms with van der Waals surface area (Å²) in [4.78, 5) is 20.7. The summed E-state index contributed by atoms with van der Waals surface area (Å²) in [5.74, 6) is -0.162. The fourth-order valence-electron chi connectivity index (χ4n) is 3.31. The Morgan fingerprint density at radius 3 is 2.93 bits per heavy atom.